The van der Waals surface area contributed by atoms with Gasteiger partial charge in [-0.05, 0) is 53.3 Å². The highest BCUT2D eigenvalue weighted by Crippen LogP contribution is 2.25. The molecule has 0 radical (unpaired) electrons. The van der Waals surface area contributed by atoms with E-state index in [-0.39, 0.29) is 16.4 Å². The molecule has 0 aliphatic carbocycles. The van der Waals surface area contributed by atoms with E-state index in [1.165, 1.54) is 4.68 Å². The van der Waals surface area contributed by atoms with Crippen molar-refractivity contribution >= 4 is 54.9 Å². The Morgan fingerprint density at radius 1 is 1.45 bits per heavy atom. The minimum atomic E-state index is -0.328. The number of azo groups is 1. The summed E-state index contributed by atoms with van der Waals surface area (Å²) in [5, 5.41) is 10.1. The molecule has 0 unspecified atom stereocenters. The van der Waals surface area contributed by atoms with Gasteiger partial charge in [0.25, 0.3) is 5.56 Å². The zero-order valence-electron chi connectivity index (χ0n) is 10.2. The first-order valence-electron chi connectivity index (χ1n) is 5.38. The number of hydrogen-bond acceptors (Lipinski definition) is 3. The number of nitrogens with zero attached hydrogens (tertiary/aromatic N) is 3. The van der Waals surface area contributed by atoms with E-state index in [4.69, 9.17) is 5.73 Å². The number of hydrogen-bond donors (Lipinski definition) is 2. The minimum Gasteiger partial charge on any atom is -0.373 e. The van der Waals surface area contributed by atoms with Crippen molar-refractivity contribution < 1.29 is 0 Å². The summed E-state index contributed by atoms with van der Waals surface area (Å²) in [6.45, 7) is 1.72. The second-order valence-electron chi connectivity index (χ2n) is 3.86. The summed E-state index contributed by atoms with van der Waals surface area (Å²) in [5.74, 6) is 0. The molecule has 0 amide bonds. The van der Waals surface area contributed by atoms with Gasteiger partial charge in [0.1, 0.15) is 0 Å². The summed E-state index contributed by atoms with van der Waals surface area (Å²) < 4.78 is 3.03. The number of rotatable bonds is 2. The quantitative estimate of drug-likeness (QED) is 0.579. The average Bonchev–Trinajstić information content (AvgIpc) is 2.62. The molecule has 1 heterocycles. The topological polar surface area (TPSA) is 88.5 Å². The zero-order valence-corrected chi connectivity index (χ0v) is 14.2. The van der Waals surface area contributed by atoms with E-state index in [2.05, 4.69) is 59.4 Å². The SMILES string of the molecule is Cc1[nH]n(-c2ccc(Br)cc2Br)c(=O)c1N=NC(N)=S. The summed E-state index contributed by atoms with van der Waals surface area (Å²) in [6, 6.07) is 5.47. The molecule has 0 aliphatic rings. The van der Waals surface area contributed by atoms with Crippen LogP contribution in [-0.2, 0) is 0 Å². The molecule has 20 heavy (non-hydrogen) atoms. The van der Waals surface area contributed by atoms with Crippen LogP contribution in [0.25, 0.3) is 5.69 Å². The van der Waals surface area contributed by atoms with Crippen LogP contribution in [0.1, 0.15) is 5.69 Å². The van der Waals surface area contributed by atoms with Crippen molar-refractivity contribution in [2.75, 3.05) is 0 Å². The summed E-state index contributed by atoms with van der Waals surface area (Å²) in [6.07, 6.45) is 0. The number of aromatic amines is 1. The van der Waals surface area contributed by atoms with Crippen LogP contribution in [0.2, 0.25) is 0 Å². The highest BCUT2D eigenvalue weighted by molar-refractivity contribution is 9.11. The van der Waals surface area contributed by atoms with Crippen LogP contribution in [0, 0.1) is 6.92 Å². The lowest BCUT2D eigenvalue weighted by Gasteiger charge is -2.04. The molecule has 0 saturated heterocycles. The van der Waals surface area contributed by atoms with Gasteiger partial charge in [0, 0.05) is 8.95 Å². The lowest BCUT2D eigenvalue weighted by molar-refractivity contribution is 0.831. The molecule has 2 aromatic rings. The predicted molar refractivity (Wildman–Crippen MR) is 87.8 cm³/mol. The third-order valence-electron chi connectivity index (χ3n) is 2.44. The second kappa shape index (κ2) is 5.98. The average molecular weight is 419 g/mol. The number of thiocarbonyl (C=S) groups is 1. The summed E-state index contributed by atoms with van der Waals surface area (Å²) in [5.41, 5.74) is 6.32. The van der Waals surface area contributed by atoms with Crippen molar-refractivity contribution in [1.29, 1.82) is 0 Å². The molecule has 0 spiro atoms. The van der Waals surface area contributed by atoms with Gasteiger partial charge in [0.05, 0.1) is 11.4 Å². The third kappa shape index (κ3) is 3.05. The van der Waals surface area contributed by atoms with Gasteiger partial charge in [-0.2, -0.15) is 0 Å². The van der Waals surface area contributed by atoms with Crippen LogP contribution >= 0.6 is 44.1 Å². The fraction of sp³-hybridized carbons (Fsp3) is 0.0909. The monoisotopic (exact) mass is 417 g/mol. The molecule has 0 fully saturated rings. The molecule has 0 aliphatic heterocycles. The molecular formula is C11H9Br2N5OS. The van der Waals surface area contributed by atoms with Crippen molar-refractivity contribution in [3.8, 4) is 5.69 Å². The summed E-state index contributed by atoms with van der Waals surface area (Å²) in [4.78, 5) is 12.3. The van der Waals surface area contributed by atoms with Crippen molar-refractivity contribution in [3.63, 3.8) is 0 Å². The molecule has 2 rings (SSSR count). The number of aromatic nitrogens is 2. The first-order valence-corrected chi connectivity index (χ1v) is 7.38. The van der Waals surface area contributed by atoms with Gasteiger partial charge < -0.3 is 5.73 Å². The molecule has 0 bridgehead atoms. The maximum atomic E-state index is 12.3. The van der Waals surface area contributed by atoms with E-state index in [0.29, 0.717) is 11.4 Å². The molecule has 1 aromatic carbocycles. The molecule has 0 saturated carbocycles. The first kappa shape index (κ1) is 15.1. The van der Waals surface area contributed by atoms with Crippen molar-refractivity contribution in [3.05, 3.63) is 43.2 Å². The van der Waals surface area contributed by atoms with Gasteiger partial charge in [0.2, 0.25) is 5.11 Å². The van der Waals surface area contributed by atoms with Crippen LogP contribution in [0.15, 0.2) is 42.2 Å². The van der Waals surface area contributed by atoms with E-state index in [9.17, 15) is 4.79 Å². The normalized spacial score (nSPS) is 11.2. The lowest BCUT2D eigenvalue weighted by Crippen LogP contribution is -2.14. The maximum absolute atomic E-state index is 12.3. The molecule has 3 N–H and O–H groups in total. The third-order valence-corrected chi connectivity index (χ3v) is 3.65. The van der Waals surface area contributed by atoms with Crippen LogP contribution in [0.5, 0.6) is 0 Å². The number of nitrogens with one attached hydrogen (secondary N) is 1. The van der Waals surface area contributed by atoms with E-state index in [1.807, 2.05) is 12.1 Å². The highest BCUT2D eigenvalue weighted by Gasteiger charge is 2.14. The minimum absolute atomic E-state index is 0.124. The van der Waals surface area contributed by atoms with Crippen LogP contribution in [0.3, 0.4) is 0 Å². The van der Waals surface area contributed by atoms with E-state index in [0.717, 1.165) is 8.95 Å². The van der Waals surface area contributed by atoms with Crippen molar-refractivity contribution in [1.82, 2.24) is 9.78 Å². The van der Waals surface area contributed by atoms with Gasteiger partial charge in [0.15, 0.2) is 5.69 Å². The van der Waals surface area contributed by atoms with Gasteiger partial charge in [-0.3, -0.25) is 9.89 Å². The largest absolute Gasteiger partial charge is 0.373 e. The molecule has 6 nitrogen and oxygen atoms in total. The van der Waals surface area contributed by atoms with Crippen LogP contribution in [0.4, 0.5) is 5.69 Å². The summed E-state index contributed by atoms with van der Waals surface area (Å²) in [7, 11) is 0. The molecule has 9 heteroatoms. The number of benzene rings is 1. The number of H-pyrrole nitrogens is 1. The number of aryl methyl sites for hydroxylation is 1. The Bertz CT molecular complexity index is 765. The van der Waals surface area contributed by atoms with Crippen LogP contribution in [-0.4, -0.2) is 14.9 Å². The maximum Gasteiger partial charge on any atom is 0.299 e. The number of halogens is 2. The Morgan fingerprint density at radius 3 is 2.75 bits per heavy atom. The molecular weight excluding hydrogens is 410 g/mol. The first-order chi connectivity index (χ1) is 9.40. The van der Waals surface area contributed by atoms with Gasteiger partial charge in [-0.15, -0.1) is 10.2 Å². The zero-order chi connectivity index (χ0) is 14.9. The Balaban J connectivity index is 2.57. The Morgan fingerprint density at radius 2 is 2.15 bits per heavy atom. The van der Waals surface area contributed by atoms with Crippen molar-refractivity contribution in [2.24, 2.45) is 16.0 Å². The standard InChI is InChI=1S/C11H9Br2N5OS/c1-5-9(15-16-11(14)20)10(19)18(17-5)8-3-2-6(12)4-7(8)13/h2-4,17H,1H3,(H2,14,20). The molecule has 104 valence electrons. The van der Waals surface area contributed by atoms with Gasteiger partial charge >= 0.3 is 0 Å². The van der Waals surface area contributed by atoms with Crippen molar-refractivity contribution in [2.45, 2.75) is 6.92 Å². The van der Waals surface area contributed by atoms with E-state index < -0.39 is 0 Å². The van der Waals surface area contributed by atoms with E-state index >= 15 is 0 Å². The fourth-order valence-corrected chi connectivity index (χ4v) is 2.85. The van der Waals surface area contributed by atoms with Gasteiger partial charge in [-0.1, -0.05) is 15.9 Å². The smallest absolute Gasteiger partial charge is 0.299 e. The Kier molecular flexibility index (Phi) is 4.51. The number of nitrogens with two attached hydrogens (primary N) is 1. The molecule has 1 aromatic heterocycles. The second-order valence-corrected chi connectivity index (χ2v) is 6.05. The van der Waals surface area contributed by atoms with Gasteiger partial charge in [-0.25, -0.2) is 4.68 Å². The Hall–Kier alpha value is -1.32. The van der Waals surface area contributed by atoms with E-state index in [1.54, 1.807) is 13.0 Å². The lowest BCUT2D eigenvalue weighted by atomic mass is 10.3. The fourth-order valence-electron chi connectivity index (χ4n) is 1.59. The predicted octanol–water partition coefficient (Wildman–Crippen LogP) is 3.33. The summed E-state index contributed by atoms with van der Waals surface area (Å²) >= 11 is 11.4. The van der Waals surface area contributed by atoms with Crippen LogP contribution < -0.4 is 11.3 Å². The highest BCUT2D eigenvalue weighted by atomic mass is 79.9. The molecule has 0 atom stereocenters. The Labute approximate surface area is 136 Å².